The van der Waals surface area contributed by atoms with Gasteiger partial charge in [0.1, 0.15) is 0 Å². The topological polar surface area (TPSA) is 52.6 Å². The van der Waals surface area contributed by atoms with Crippen LogP contribution in [0.4, 0.5) is 0 Å². The quantitative estimate of drug-likeness (QED) is 0.288. The Balaban J connectivity index is 2.08. The minimum Gasteiger partial charge on any atom is -0.469 e. The number of benzene rings is 3. The van der Waals surface area contributed by atoms with Crippen molar-refractivity contribution in [3.05, 3.63) is 91.0 Å². The van der Waals surface area contributed by atoms with E-state index >= 15 is 0 Å². The molecular formula is C29H36O4SSi. The first-order valence-electron chi connectivity index (χ1n) is 12.0. The number of hydrogen-bond donors (Lipinski definition) is 0. The SMILES string of the molecule is COC(=O)C[C@H](O[Si](c1ccccc1)(c1ccccc1)C(C)(C)C)[C@H](C)CS(=O)c1ccccc1. The molecule has 0 spiro atoms. The molecule has 0 aliphatic heterocycles. The Morgan fingerprint density at radius 2 is 1.31 bits per heavy atom. The lowest BCUT2D eigenvalue weighted by atomic mass is 10.0. The van der Waals surface area contributed by atoms with Crippen LogP contribution in [-0.4, -0.2) is 37.5 Å². The van der Waals surface area contributed by atoms with Crippen molar-refractivity contribution in [2.24, 2.45) is 5.92 Å². The third-order valence-electron chi connectivity index (χ3n) is 6.40. The van der Waals surface area contributed by atoms with Gasteiger partial charge in [-0.3, -0.25) is 9.00 Å². The first-order chi connectivity index (χ1) is 16.7. The van der Waals surface area contributed by atoms with Crippen LogP contribution in [0.5, 0.6) is 0 Å². The average Bonchev–Trinajstić information content (AvgIpc) is 2.87. The maximum Gasteiger partial charge on any atom is 0.308 e. The molecule has 0 radical (unpaired) electrons. The molecule has 0 saturated carbocycles. The highest BCUT2D eigenvalue weighted by Gasteiger charge is 2.52. The van der Waals surface area contributed by atoms with Crippen LogP contribution in [0.1, 0.15) is 34.1 Å². The number of esters is 1. The average molecular weight is 509 g/mol. The summed E-state index contributed by atoms with van der Waals surface area (Å²) in [5.74, 6) is -0.0776. The van der Waals surface area contributed by atoms with E-state index < -0.39 is 25.2 Å². The second kappa shape index (κ2) is 11.9. The van der Waals surface area contributed by atoms with E-state index in [9.17, 15) is 9.00 Å². The highest BCUT2D eigenvalue weighted by molar-refractivity contribution is 7.85. The fourth-order valence-corrected chi connectivity index (χ4v) is 10.7. The molecule has 186 valence electrons. The van der Waals surface area contributed by atoms with E-state index in [0.717, 1.165) is 15.3 Å². The predicted octanol–water partition coefficient (Wildman–Crippen LogP) is 4.94. The van der Waals surface area contributed by atoms with Crippen LogP contribution in [0.15, 0.2) is 95.9 Å². The Labute approximate surface area is 213 Å². The lowest BCUT2D eigenvalue weighted by Gasteiger charge is -2.46. The van der Waals surface area contributed by atoms with Crippen LogP contribution >= 0.6 is 0 Å². The van der Waals surface area contributed by atoms with Crippen molar-refractivity contribution >= 4 is 35.5 Å². The summed E-state index contributed by atoms with van der Waals surface area (Å²) in [7, 11) is -2.70. The van der Waals surface area contributed by atoms with E-state index in [1.165, 1.54) is 7.11 Å². The molecule has 0 bridgehead atoms. The third kappa shape index (κ3) is 6.37. The van der Waals surface area contributed by atoms with Crippen molar-refractivity contribution in [3.8, 4) is 0 Å². The van der Waals surface area contributed by atoms with Crippen LogP contribution in [0.2, 0.25) is 5.04 Å². The van der Waals surface area contributed by atoms with Crippen molar-refractivity contribution in [2.75, 3.05) is 12.9 Å². The van der Waals surface area contributed by atoms with E-state index in [-0.39, 0.29) is 23.3 Å². The number of carbonyl (C=O) groups excluding carboxylic acids is 1. The summed E-state index contributed by atoms with van der Waals surface area (Å²) in [6, 6.07) is 30.1. The zero-order valence-corrected chi connectivity index (χ0v) is 23.1. The fourth-order valence-electron chi connectivity index (χ4n) is 4.54. The van der Waals surface area contributed by atoms with Crippen molar-refractivity contribution in [1.29, 1.82) is 0 Å². The Bertz CT molecular complexity index is 1060. The highest BCUT2D eigenvalue weighted by atomic mass is 32.2. The van der Waals surface area contributed by atoms with Crippen molar-refractivity contribution in [3.63, 3.8) is 0 Å². The maximum absolute atomic E-state index is 13.2. The molecule has 6 heteroatoms. The van der Waals surface area contributed by atoms with E-state index in [4.69, 9.17) is 9.16 Å². The smallest absolute Gasteiger partial charge is 0.308 e. The number of rotatable bonds is 10. The minimum absolute atomic E-state index is 0.105. The van der Waals surface area contributed by atoms with E-state index in [2.05, 4.69) is 45.0 Å². The molecule has 4 nitrogen and oxygen atoms in total. The molecular weight excluding hydrogens is 472 g/mol. The Morgan fingerprint density at radius 1 is 0.857 bits per heavy atom. The largest absolute Gasteiger partial charge is 0.469 e. The van der Waals surface area contributed by atoms with Gasteiger partial charge < -0.3 is 9.16 Å². The second-order valence-electron chi connectivity index (χ2n) is 9.90. The minimum atomic E-state index is -2.89. The van der Waals surface area contributed by atoms with Gasteiger partial charge in [0, 0.05) is 10.6 Å². The van der Waals surface area contributed by atoms with Gasteiger partial charge in [-0.1, -0.05) is 107 Å². The molecule has 0 N–H and O–H groups in total. The first kappa shape index (κ1) is 27.1. The van der Waals surface area contributed by atoms with Crippen LogP contribution in [0.25, 0.3) is 0 Å². The number of methoxy groups -OCH3 is 1. The zero-order valence-electron chi connectivity index (χ0n) is 21.3. The molecule has 3 rings (SSSR count). The lowest BCUT2D eigenvalue weighted by Crippen LogP contribution is -2.68. The summed E-state index contributed by atoms with van der Waals surface area (Å²) >= 11 is 0. The summed E-state index contributed by atoms with van der Waals surface area (Å²) < 4.78 is 25.5. The molecule has 3 aromatic rings. The van der Waals surface area contributed by atoms with E-state index in [1.807, 2.05) is 73.7 Å². The standard InChI is InChI=1S/C29H36O4SSi/c1-23(22-34(31)24-15-9-6-10-16-24)27(21-28(30)32-5)33-35(29(2,3)4,25-17-11-7-12-18-25)26-19-13-8-14-20-26/h6-20,23,27H,21-22H2,1-5H3/t23-,27+,34?/m1/s1. The van der Waals surface area contributed by atoms with Gasteiger partial charge in [-0.25, -0.2) is 0 Å². The molecule has 1 unspecified atom stereocenters. The number of ether oxygens (including phenoxy) is 1. The number of carbonyl (C=O) groups is 1. The Hall–Kier alpha value is -2.54. The van der Waals surface area contributed by atoms with Gasteiger partial charge in [0.2, 0.25) is 0 Å². The maximum atomic E-state index is 13.2. The first-order valence-corrected chi connectivity index (χ1v) is 15.2. The van der Waals surface area contributed by atoms with Gasteiger partial charge in [0.05, 0.1) is 30.4 Å². The summed E-state index contributed by atoms with van der Waals surface area (Å²) in [5, 5.41) is 2.05. The van der Waals surface area contributed by atoms with E-state index in [0.29, 0.717) is 5.75 Å². The molecule has 0 heterocycles. The van der Waals surface area contributed by atoms with Gasteiger partial charge in [-0.05, 0) is 33.5 Å². The summed E-state index contributed by atoms with van der Waals surface area (Å²) in [6.45, 7) is 8.65. The van der Waals surface area contributed by atoms with Gasteiger partial charge in [0.15, 0.2) is 0 Å². The summed E-state index contributed by atoms with van der Waals surface area (Å²) in [4.78, 5) is 13.3. The van der Waals surface area contributed by atoms with Crippen LogP contribution in [0.3, 0.4) is 0 Å². The molecule has 0 amide bonds. The predicted molar refractivity (Wildman–Crippen MR) is 146 cm³/mol. The highest BCUT2D eigenvalue weighted by Crippen LogP contribution is 2.39. The third-order valence-corrected chi connectivity index (χ3v) is 13.1. The number of hydrogen-bond acceptors (Lipinski definition) is 4. The van der Waals surface area contributed by atoms with Gasteiger partial charge in [0.25, 0.3) is 8.32 Å². The van der Waals surface area contributed by atoms with Crippen LogP contribution in [0, 0.1) is 5.92 Å². The Morgan fingerprint density at radius 3 is 1.74 bits per heavy atom. The fraction of sp³-hybridized carbons (Fsp3) is 0.345. The van der Waals surface area contributed by atoms with Crippen molar-refractivity contribution in [2.45, 2.75) is 50.2 Å². The summed E-state index contributed by atoms with van der Waals surface area (Å²) in [6.07, 6.45) is -0.352. The van der Waals surface area contributed by atoms with Crippen molar-refractivity contribution in [1.82, 2.24) is 0 Å². The second-order valence-corrected chi connectivity index (χ2v) is 15.7. The molecule has 0 aliphatic carbocycles. The molecule has 0 fully saturated rings. The monoisotopic (exact) mass is 508 g/mol. The van der Waals surface area contributed by atoms with Gasteiger partial charge >= 0.3 is 5.97 Å². The van der Waals surface area contributed by atoms with Crippen LogP contribution < -0.4 is 10.4 Å². The molecule has 35 heavy (non-hydrogen) atoms. The van der Waals surface area contributed by atoms with Gasteiger partial charge in [-0.2, -0.15) is 0 Å². The molecule has 0 aromatic heterocycles. The molecule has 0 saturated heterocycles. The van der Waals surface area contributed by atoms with E-state index in [1.54, 1.807) is 0 Å². The summed E-state index contributed by atoms with van der Waals surface area (Å²) in [5.41, 5.74) is 0. The lowest BCUT2D eigenvalue weighted by molar-refractivity contribution is -0.143. The van der Waals surface area contributed by atoms with Crippen LogP contribution in [-0.2, 0) is 24.8 Å². The molecule has 3 atom stereocenters. The molecule has 3 aromatic carbocycles. The Kier molecular flexibility index (Phi) is 9.22. The zero-order chi connectivity index (χ0) is 25.5. The van der Waals surface area contributed by atoms with Crippen molar-refractivity contribution < 1.29 is 18.2 Å². The van der Waals surface area contributed by atoms with Gasteiger partial charge in [-0.15, -0.1) is 0 Å². The normalized spacial score (nSPS) is 14.7. The molecule has 0 aliphatic rings.